The van der Waals surface area contributed by atoms with Crippen molar-refractivity contribution in [2.75, 3.05) is 6.61 Å². The Morgan fingerprint density at radius 1 is 1.47 bits per heavy atom. The van der Waals surface area contributed by atoms with Crippen molar-refractivity contribution >= 4 is 0 Å². The first kappa shape index (κ1) is 13.3. The van der Waals surface area contributed by atoms with Gasteiger partial charge in [-0.15, -0.1) is 0 Å². The third-order valence-corrected chi connectivity index (χ3v) is 5.20. The first-order valence-electron chi connectivity index (χ1n) is 7.13. The summed E-state index contributed by atoms with van der Waals surface area (Å²) < 4.78 is 6.00. The van der Waals surface area contributed by atoms with E-state index in [2.05, 4.69) is 26.2 Å². The molecule has 1 heterocycles. The summed E-state index contributed by atoms with van der Waals surface area (Å²) in [5.41, 5.74) is 3.58. The fourth-order valence-corrected chi connectivity index (χ4v) is 3.49. The van der Waals surface area contributed by atoms with Gasteiger partial charge in [0.15, 0.2) is 0 Å². The molecule has 0 amide bonds. The maximum absolute atomic E-state index is 6.00. The molecule has 2 aliphatic rings. The van der Waals surface area contributed by atoms with E-state index in [4.69, 9.17) is 10.6 Å². The summed E-state index contributed by atoms with van der Waals surface area (Å²) in [6, 6.07) is 0.411. The lowest BCUT2D eigenvalue weighted by Gasteiger charge is -2.51. The molecular weight excluding hydrogens is 212 g/mol. The lowest BCUT2D eigenvalue weighted by molar-refractivity contribution is -0.151. The van der Waals surface area contributed by atoms with E-state index in [1.54, 1.807) is 0 Å². The summed E-state index contributed by atoms with van der Waals surface area (Å²) in [4.78, 5) is 0. The maximum Gasteiger partial charge on any atom is 0.0685 e. The molecule has 0 aromatic carbocycles. The number of ether oxygens (including phenoxy) is 1. The second kappa shape index (κ2) is 4.87. The SMILES string of the molecule is CCC(C)(C)C(NN)C1CCOC2(CCC2)C1. The third-order valence-electron chi connectivity index (χ3n) is 5.20. The molecule has 0 radical (unpaired) electrons. The summed E-state index contributed by atoms with van der Waals surface area (Å²) in [6.45, 7) is 7.81. The maximum atomic E-state index is 6.00. The van der Waals surface area contributed by atoms with Gasteiger partial charge in [0.1, 0.15) is 0 Å². The van der Waals surface area contributed by atoms with Crippen molar-refractivity contribution < 1.29 is 4.74 Å². The Bertz CT molecular complexity index is 261. The van der Waals surface area contributed by atoms with E-state index >= 15 is 0 Å². The van der Waals surface area contributed by atoms with Crippen molar-refractivity contribution in [3.63, 3.8) is 0 Å². The molecule has 3 nitrogen and oxygen atoms in total. The molecule has 1 saturated carbocycles. The third kappa shape index (κ3) is 2.51. The van der Waals surface area contributed by atoms with Crippen LogP contribution in [0, 0.1) is 11.3 Å². The molecule has 2 fully saturated rings. The van der Waals surface area contributed by atoms with Crippen LogP contribution in [0.1, 0.15) is 59.3 Å². The molecular formula is C14H28N2O. The van der Waals surface area contributed by atoms with Crippen molar-refractivity contribution in [1.29, 1.82) is 0 Å². The van der Waals surface area contributed by atoms with E-state index in [1.165, 1.54) is 25.7 Å². The van der Waals surface area contributed by atoms with Crippen LogP contribution in [-0.2, 0) is 4.74 Å². The topological polar surface area (TPSA) is 47.3 Å². The Balaban J connectivity index is 2.04. The Morgan fingerprint density at radius 2 is 2.18 bits per heavy atom. The number of nitrogens with two attached hydrogens (primary N) is 1. The van der Waals surface area contributed by atoms with Gasteiger partial charge in [-0.3, -0.25) is 11.3 Å². The normalized spacial score (nSPS) is 30.0. The van der Waals surface area contributed by atoms with E-state index in [0.29, 0.717) is 12.0 Å². The van der Waals surface area contributed by atoms with Gasteiger partial charge in [0, 0.05) is 12.6 Å². The van der Waals surface area contributed by atoms with Gasteiger partial charge in [0.2, 0.25) is 0 Å². The molecule has 1 saturated heterocycles. The van der Waals surface area contributed by atoms with E-state index in [1.807, 2.05) is 0 Å². The van der Waals surface area contributed by atoms with Crippen molar-refractivity contribution in [3.8, 4) is 0 Å². The van der Waals surface area contributed by atoms with Crippen LogP contribution in [0.4, 0.5) is 0 Å². The van der Waals surface area contributed by atoms with Crippen LogP contribution < -0.4 is 11.3 Å². The average Bonchev–Trinajstić information content (AvgIpc) is 2.28. The molecule has 100 valence electrons. The first-order chi connectivity index (χ1) is 8.03. The van der Waals surface area contributed by atoms with Crippen LogP contribution in [0.3, 0.4) is 0 Å². The molecule has 3 heteroatoms. The van der Waals surface area contributed by atoms with Gasteiger partial charge < -0.3 is 4.74 Å². The highest BCUT2D eigenvalue weighted by atomic mass is 16.5. The van der Waals surface area contributed by atoms with Gasteiger partial charge in [0.05, 0.1) is 5.60 Å². The number of hydrazine groups is 1. The van der Waals surface area contributed by atoms with Crippen molar-refractivity contribution in [2.45, 2.75) is 70.9 Å². The first-order valence-corrected chi connectivity index (χ1v) is 7.13. The minimum absolute atomic E-state index is 0.224. The summed E-state index contributed by atoms with van der Waals surface area (Å²) in [7, 11) is 0. The summed E-state index contributed by atoms with van der Waals surface area (Å²) >= 11 is 0. The Morgan fingerprint density at radius 3 is 2.65 bits per heavy atom. The zero-order chi connectivity index (χ0) is 12.5. The standard InChI is InChI=1S/C14H28N2O/c1-4-13(2,3)12(16-15)11-6-9-17-14(10-11)7-5-8-14/h11-12,16H,4-10,15H2,1-3H3. The van der Waals surface area contributed by atoms with Gasteiger partial charge in [-0.25, -0.2) is 0 Å². The molecule has 2 rings (SSSR count). The molecule has 1 spiro atoms. The van der Waals surface area contributed by atoms with Crippen LogP contribution in [0.5, 0.6) is 0 Å². The number of rotatable bonds is 4. The van der Waals surface area contributed by atoms with Crippen LogP contribution in [0.15, 0.2) is 0 Å². The predicted molar refractivity (Wildman–Crippen MR) is 70.4 cm³/mol. The molecule has 2 atom stereocenters. The quantitative estimate of drug-likeness (QED) is 0.586. The molecule has 17 heavy (non-hydrogen) atoms. The monoisotopic (exact) mass is 240 g/mol. The fourth-order valence-electron chi connectivity index (χ4n) is 3.49. The Kier molecular flexibility index (Phi) is 3.81. The highest BCUT2D eigenvalue weighted by molar-refractivity contribution is 4.98. The van der Waals surface area contributed by atoms with Crippen molar-refractivity contribution in [3.05, 3.63) is 0 Å². The molecule has 0 bridgehead atoms. The van der Waals surface area contributed by atoms with Crippen LogP contribution >= 0.6 is 0 Å². The highest BCUT2D eigenvalue weighted by Gasteiger charge is 2.46. The molecule has 2 unspecified atom stereocenters. The second-order valence-corrected chi connectivity index (χ2v) is 6.62. The summed E-state index contributed by atoms with van der Waals surface area (Å²) in [5, 5.41) is 0. The average molecular weight is 240 g/mol. The number of hydrogen-bond acceptors (Lipinski definition) is 3. The molecule has 0 aromatic rings. The van der Waals surface area contributed by atoms with Crippen LogP contribution in [0.2, 0.25) is 0 Å². The summed E-state index contributed by atoms with van der Waals surface area (Å²) in [5.74, 6) is 6.49. The molecule has 1 aliphatic heterocycles. The lowest BCUT2D eigenvalue weighted by Crippen LogP contribution is -2.56. The predicted octanol–water partition coefficient (Wildman–Crippen LogP) is 2.60. The largest absolute Gasteiger partial charge is 0.375 e. The van der Waals surface area contributed by atoms with Gasteiger partial charge in [-0.1, -0.05) is 20.8 Å². The van der Waals surface area contributed by atoms with Gasteiger partial charge in [-0.05, 0) is 49.9 Å². The van der Waals surface area contributed by atoms with E-state index in [9.17, 15) is 0 Å². The zero-order valence-electron chi connectivity index (χ0n) is 11.6. The lowest BCUT2D eigenvalue weighted by atomic mass is 9.66. The van der Waals surface area contributed by atoms with Crippen LogP contribution in [0.25, 0.3) is 0 Å². The molecule has 0 aromatic heterocycles. The second-order valence-electron chi connectivity index (χ2n) is 6.62. The number of nitrogens with one attached hydrogen (secondary N) is 1. The minimum Gasteiger partial charge on any atom is -0.375 e. The van der Waals surface area contributed by atoms with Gasteiger partial charge in [-0.2, -0.15) is 0 Å². The fraction of sp³-hybridized carbons (Fsp3) is 1.00. The minimum atomic E-state index is 0.224. The van der Waals surface area contributed by atoms with E-state index in [-0.39, 0.29) is 11.0 Å². The summed E-state index contributed by atoms with van der Waals surface area (Å²) in [6.07, 6.45) is 7.36. The van der Waals surface area contributed by atoms with Crippen LogP contribution in [-0.4, -0.2) is 18.2 Å². The zero-order valence-corrected chi connectivity index (χ0v) is 11.6. The van der Waals surface area contributed by atoms with E-state index in [0.717, 1.165) is 19.4 Å². The van der Waals surface area contributed by atoms with Crippen molar-refractivity contribution in [1.82, 2.24) is 5.43 Å². The highest BCUT2D eigenvalue weighted by Crippen LogP contribution is 2.47. The Hall–Kier alpha value is -0.120. The smallest absolute Gasteiger partial charge is 0.0685 e. The van der Waals surface area contributed by atoms with Gasteiger partial charge >= 0.3 is 0 Å². The molecule has 3 N–H and O–H groups in total. The van der Waals surface area contributed by atoms with Gasteiger partial charge in [0.25, 0.3) is 0 Å². The van der Waals surface area contributed by atoms with Crippen molar-refractivity contribution in [2.24, 2.45) is 17.2 Å². The Labute approximate surface area is 105 Å². The number of hydrogen-bond donors (Lipinski definition) is 2. The molecule has 1 aliphatic carbocycles. The van der Waals surface area contributed by atoms with E-state index < -0.39 is 0 Å².